The van der Waals surface area contributed by atoms with E-state index in [0.717, 1.165) is 30.6 Å². The molecule has 2 N–H and O–H groups in total. The zero-order valence-corrected chi connectivity index (χ0v) is 15.1. The molecule has 23 heavy (non-hydrogen) atoms. The smallest absolute Gasteiger partial charge is 0.0577 e. The first-order chi connectivity index (χ1) is 10.9. The molecule has 2 heteroatoms. The van der Waals surface area contributed by atoms with E-state index in [1.54, 1.807) is 5.57 Å². The molecule has 0 heterocycles. The summed E-state index contributed by atoms with van der Waals surface area (Å²) in [6.07, 6.45) is 11.7. The van der Waals surface area contributed by atoms with Gasteiger partial charge in [-0.25, -0.2) is 0 Å². The molecule has 0 amide bonds. The second-order valence-electron chi connectivity index (χ2n) is 9.62. The number of aliphatic hydroxyl groups is 2. The lowest BCUT2D eigenvalue weighted by Gasteiger charge is -2.58. The number of aliphatic hydroxyl groups excluding tert-OH is 2. The molecule has 0 aromatic carbocycles. The molecular weight excluding hydrogens is 284 g/mol. The monoisotopic (exact) mass is 318 g/mol. The van der Waals surface area contributed by atoms with E-state index in [4.69, 9.17) is 0 Å². The largest absolute Gasteiger partial charge is 0.393 e. The Morgan fingerprint density at radius 2 is 1.87 bits per heavy atom. The average molecular weight is 319 g/mol. The zero-order chi connectivity index (χ0) is 16.4. The van der Waals surface area contributed by atoms with E-state index in [2.05, 4.69) is 19.9 Å². The molecule has 1 unspecified atom stereocenters. The summed E-state index contributed by atoms with van der Waals surface area (Å²) in [5.74, 6) is 2.91. The van der Waals surface area contributed by atoms with E-state index >= 15 is 0 Å². The Kier molecular flexibility index (Phi) is 3.74. The van der Waals surface area contributed by atoms with Crippen LogP contribution >= 0.6 is 0 Å². The Bertz CT molecular complexity index is 510. The van der Waals surface area contributed by atoms with Gasteiger partial charge in [-0.05, 0) is 92.8 Å². The van der Waals surface area contributed by atoms with Crippen LogP contribution in [0.25, 0.3) is 0 Å². The molecule has 4 rings (SSSR count). The van der Waals surface area contributed by atoms with Gasteiger partial charge in [0.2, 0.25) is 0 Å². The van der Waals surface area contributed by atoms with Gasteiger partial charge < -0.3 is 10.2 Å². The summed E-state index contributed by atoms with van der Waals surface area (Å²) in [4.78, 5) is 0. The maximum absolute atomic E-state index is 10.3. The van der Waals surface area contributed by atoms with Gasteiger partial charge >= 0.3 is 0 Å². The van der Waals surface area contributed by atoms with E-state index < -0.39 is 0 Å². The van der Waals surface area contributed by atoms with E-state index in [-0.39, 0.29) is 12.2 Å². The minimum atomic E-state index is -0.156. The third kappa shape index (κ3) is 2.20. The molecule has 0 saturated heterocycles. The van der Waals surface area contributed by atoms with Crippen LogP contribution in [0, 0.1) is 34.5 Å². The minimum absolute atomic E-state index is 0.106. The summed E-state index contributed by atoms with van der Waals surface area (Å²) in [6, 6.07) is 0. The van der Waals surface area contributed by atoms with Gasteiger partial charge in [-0.3, -0.25) is 0 Å². The number of hydrogen-bond acceptors (Lipinski definition) is 2. The van der Waals surface area contributed by atoms with E-state index in [1.165, 1.54) is 38.5 Å². The predicted molar refractivity (Wildman–Crippen MR) is 92.9 cm³/mol. The summed E-state index contributed by atoms with van der Waals surface area (Å²) in [6.45, 7) is 6.98. The standard InChI is InChI=1S/C21H34O2/c1-13(22)17-6-7-18-16-5-4-14-12-15(23)8-10-20(14,2)19(16)9-11-21(17,18)3/h4,13,15-19,22-23H,5-12H2,1-3H3/t13-,15-,16-,17+,18?,19-,20-,21+/m0/s1. The van der Waals surface area contributed by atoms with Crippen LogP contribution in [0.5, 0.6) is 0 Å². The lowest BCUT2D eigenvalue weighted by atomic mass is 9.47. The second kappa shape index (κ2) is 5.33. The predicted octanol–water partition coefficient (Wildman–Crippen LogP) is 4.31. The van der Waals surface area contributed by atoms with Gasteiger partial charge in [0.05, 0.1) is 12.2 Å². The molecule has 8 atom stereocenters. The molecule has 3 fully saturated rings. The average Bonchev–Trinajstić information content (AvgIpc) is 2.85. The first-order valence-electron chi connectivity index (χ1n) is 9.92. The van der Waals surface area contributed by atoms with Crippen LogP contribution in [0.15, 0.2) is 11.6 Å². The Hall–Kier alpha value is -0.340. The Balaban J connectivity index is 1.65. The van der Waals surface area contributed by atoms with Crippen molar-refractivity contribution in [2.45, 2.75) is 84.3 Å². The van der Waals surface area contributed by atoms with Gasteiger partial charge in [0, 0.05) is 0 Å². The topological polar surface area (TPSA) is 40.5 Å². The Morgan fingerprint density at radius 3 is 2.61 bits per heavy atom. The van der Waals surface area contributed by atoms with Crippen LogP contribution in [0.2, 0.25) is 0 Å². The quantitative estimate of drug-likeness (QED) is 0.707. The Labute approximate surface area is 141 Å². The van der Waals surface area contributed by atoms with Gasteiger partial charge in [-0.2, -0.15) is 0 Å². The highest BCUT2D eigenvalue weighted by atomic mass is 16.3. The third-order valence-corrected chi connectivity index (χ3v) is 8.73. The number of rotatable bonds is 1. The van der Waals surface area contributed by atoms with Crippen molar-refractivity contribution in [2.75, 3.05) is 0 Å². The molecule has 0 aromatic rings. The SMILES string of the molecule is C[C@H](O)[C@H]1CCC2[C@@H]3CC=C4C[C@@H](O)CC[C@]4(C)[C@H]3CC[C@@]21C. The number of hydrogen-bond donors (Lipinski definition) is 2. The van der Waals surface area contributed by atoms with Crippen LogP contribution in [0.4, 0.5) is 0 Å². The van der Waals surface area contributed by atoms with Crippen LogP contribution < -0.4 is 0 Å². The molecule has 0 spiro atoms. The fourth-order valence-corrected chi connectivity index (χ4v) is 7.47. The number of allylic oxidation sites excluding steroid dienone is 1. The maximum atomic E-state index is 10.3. The highest BCUT2D eigenvalue weighted by molar-refractivity contribution is 5.25. The first kappa shape index (κ1) is 16.1. The van der Waals surface area contributed by atoms with Gasteiger partial charge in [0.15, 0.2) is 0 Å². The maximum Gasteiger partial charge on any atom is 0.0577 e. The minimum Gasteiger partial charge on any atom is -0.393 e. The molecule has 0 aromatic heterocycles. The molecule has 0 bridgehead atoms. The molecule has 4 aliphatic carbocycles. The summed E-state index contributed by atoms with van der Waals surface area (Å²) in [5, 5.41) is 20.4. The summed E-state index contributed by atoms with van der Waals surface area (Å²) < 4.78 is 0. The molecule has 130 valence electrons. The van der Waals surface area contributed by atoms with Crippen molar-refractivity contribution < 1.29 is 10.2 Å². The second-order valence-corrected chi connectivity index (χ2v) is 9.62. The van der Waals surface area contributed by atoms with Gasteiger partial charge in [-0.1, -0.05) is 25.5 Å². The molecule has 4 aliphatic rings. The van der Waals surface area contributed by atoms with Crippen LogP contribution in [-0.2, 0) is 0 Å². The third-order valence-electron chi connectivity index (χ3n) is 8.73. The van der Waals surface area contributed by atoms with Gasteiger partial charge in [0.1, 0.15) is 0 Å². The Morgan fingerprint density at radius 1 is 1.09 bits per heavy atom. The van der Waals surface area contributed by atoms with Crippen molar-refractivity contribution in [1.82, 2.24) is 0 Å². The normalized spacial score (nSPS) is 53.8. The summed E-state index contributed by atoms with van der Waals surface area (Å²) in [7, 11) is 0. The van der Waals surface area contributed by atoms with Crippen molar-refractivity contribution in [1.29, 1.82) is 0 Å². The van der Waals surface area contributed by atoms with Gasteiger partial charge in [-0.15, -0.1) is 0 Å². The fourth-order valence-electron chi connectivity index (χ4n) is 7.47. The summed E-state index contributed by atoms with van der Waals surface area (Å²) >= 11 is 0. The zero-order valence-electron chi connectivity index (χ0n) is 15.1. The van der Waals surface area contributed by atoms with Crippen molar-refractivity contribution >= 4 is 0 Å². The van der Waals surface area contributed by atoms with E-state index in [1.807, 2.05) is 6.92 Å². The molecule has 2 nitrogen and oxygen atoms in total. The number of fused-ring (bicyclic) bond motifs is 5. The van der Waals surface area contributed by atoms with Gasteiger partial charge in [0.25, 0.3) is 0 Å². The van der Waals surface area contributed by atoms with Crippen molar-refractivity contribution in [3.63, 3.8) is 0 Å². The van der Waals surface area contributed by atoms with E-state index in [9.17, 15) is 10.2 Å². The first-order valence-corrected chi connectivity index (χ1v) is 9.92. The lowest BCUT2D eigenvalue weighted by Crippen LogP contribution is -2.51. The van der Waals surface area contributed by atoms with Crippen LogP contribution in [0.3, 0.4) is 0 Å². The van der Waals surface area contributed by atoms with Crippen molar-refractivity contribution in [3.05, 3.63) is 11.6 Å². The fraction of sp³-hybridized carbons (Fsp3) is 0.905. The van der Waals surface area contributed by atoms with E-state index in [0.29, 0.717) is 16.7 Å². The molecule has 0 aliphatic heterocycles. The van der Waals surface area contributed by atoms with Crippen LogP contribution in [-0.4, -0.2) is 22.4 Å². The molecule has 3 saturated carbocycles. The summed E-state index contributed by atoms with van der Waals surface area (Å²) in [5.41, 5.74) is 2.25. The highest BCUT2D eigenvalue weighted by Gasteiger charge is 2.59. The molecule has 0 radical (unpaired) electrons. The van der Waals surface area contributed by atoms with Crippen molar-refractivity contribution in [2.24, 2.45) is 34.5 Å². The van der Waals surface area contributed by atoms with Crippen LogP contribution in [0.1, 0.15) is 72.1 Å². The highest BCUT2D eigenvalue weighted by Crippen LogP contribution is 2.66. The van der Waals surface area contributed by atoms with Crippen molar-refractivity contribution in [3.8, 4) is 0 Å². The molecular formula is C21H34O2. The lowest BCUT2D eigenvalue weighted by molar-refractivity contribution is -0.0675.